The summed E-state index contributed by atoms with van der Waals surface area (Å²) in [5.41, 5.74) is 0.731. The van der Waals surface area contributed by atoms with Gasteiger partial charge in [-0.2, -0.15) is 0 Å². The molecule has 0 saturated carbocycles. The molecule has 0 aliphatic rings. The third-order valence-electron chi connectivity index (χ3n) is 4.94. The van der Waals surface area contributed by atoms with E-state index in [9.17, 15) is 9.90 Å². The predicted molar refractivity (Wildman–Crippen MR) is 125 cm³/mol. The van der Waals surface area contributed by atoms with Crippen molar-refractivity contribution in [2.75, 3.05) is 0 Å². The molecule has 0 spiro atoms. The Morgan fingerprint density at radius 1 is 0.828 bits per heavy atom. The van der Waals surface area contributed by atoms with Crippen molar-refractivity contribution < 1.29 is 14.6 Å². The Hall–Kier alpha value is -1.59. The molecule has 0 aliphatic heterocycles. The highest BCUT2D eigenvalue weighted by molar-refractivity contribution is 7.81. The summed E-state index contributed by atoms with van der Waals surface area (Å²) in [7, 11) is 0. The minimum Gasteiger partial charge on any atom is -0.507 e. The Morgan fingerprint density at radius 3 is 1.62 bits per heavy atom. The number of phenolic OH excluding ortho intramolecular Hbond substituents is 1. The number of phenols is 1. The molecular formula is C24H32O3S2. The number of hydrogen-bond donors (Lipinski definition) is 3. The minimum atomic E-state index is -0.833. The standard InChI is InChI=1S/C24H32O3S2/c1-22(2,3)16-18(25)17(23(4,5)6)20(29)15(19(16)28)21(26)27-24(7,8)14-12-10-9-11-13-14/h9-13,25,28-29H,1-8H3. The summed E-state index contributed by atoms with van der Waals surface area (Å²) in [6, 6.07) is 9.59. The maximum Gasteiger partial charge on any atom is 0.341 e. The lowest BCUT2D eigenvalue weighted by molar-refractivity contribution is -0.00397. The van der Waals surface area contributed by atoms with Crippen LogP contribution >= 0.6 is 25.3 Å². The molecule has 0 atom stereocenters. The van der Waals surface area contributed by atoms with E-state index in [1.165, 1.54) is 0 Å². The van der Waals surface area contributed by atoms with Crippen LogP contribution in [-0.2, 0) is 21.2 Å². The van der Waals surface area contributed by atoms with E-state index in [2.05, 4.69) is 25.3 Å². The first-order valence-corrected chi connectivity index (χ1v) is 10.6. The van der Waals surface area contributed by atoms with E-state index in [-0.39, 0.29) is 11.3 Å². The monoisotopic (exact) mass is 432 g/mol. The minimum absolute atomic E-state index is 0.138. The molecule has 0 aliphatic carbocycles. The summed E-state index contributed by atoms with van der Waals surface area (Å²) in [6.07, 6.45) is 0. The average molecular weight is 433 g/mol. The number of carbonyl (C=O) groups is 1. The SMILES string of the molecule is CC(C)(C)c1c(O)c(C(C)(C)C)c(S)c(C(=O)OC(C)(C)c2ccccc2)c1S. The summed E-state index contributed by atoms with van der Waals surface area (Å²) in [5, 5.41) is 11.1. The fourth-order valence-corrected chi connectivity index (χ4v) is 4.88. The predicted octanol–water partition coefficient (Wildman–Crippen LogP) is 6.66. The Labute approximate surface area is 185 Å². The molecule has 0 bridgehead atoms. The third kappa shape index (κ3) is 4.77. The zero-order chi connectivity index (χ0) is 22.4. The highest BCUT2D eigenvalue weighted by atomic mass is 32.1. The second-order valence-electron chi connectivity index (χ2n) is 9.94. The van der Waals surface area contributed by atoms with Crippen LogP contribution in [0.1, 0.15) is 82.4 Å². The van der Waals surface area contributed by atoms with Crippen LogP contribution in [0.2, 0.25) is 0 Å². The molecule has 3 nitrogen and oxygen atoms in total. The third-order valence-corrected chi connectivity index (χ3v) is 5.84. The van der Waals surface area contributed by atoms with E-state index in [0.29, 0.717) is 20.9 Å². The smallest absolute Gasteiger partial charge is 0.341 e. The van der Waals surface area contributed by atoms with Crippen molar-refractivity contribution in [3.8, 4) is 5.75 Å². The summed E-state index contributed by atoms with van der Waals surface area (Å²) in [4.78, 5) is 14.2. The second kappa shape index (κ2) is 7.92. The van der Waals surface area contributed by atoms with Gasteiger partial charge in [-0.15, -0.1) is 25.3 Å². The first-order valence-electron chi connectivity index (χ1n) is 9.69. The number of hydrogen-bond acceptors (Lipinski definition) is 5. The summed E-state index contributed by atoms with van der Waals surface area (Å²) in [5.74, 6) is -0.372. The van der Waals surface area contributed by atoms with Gasteiger partial charge in [-0.25, -0.2) is 4.79 Å². The Kier molecular flexibility index (Phi) is 6.47. The first-order chi connectivity index (χ1) is 13.1. The number of carbonyl (C=O) groups excluding carboxylic acids is 1. The van der Waals surface area contributed by atoms with Crippen molar-refractivity contribution in [3.05, 3.63) is 52.6 Å². The quantitative estimate of drug-likeness (QED) is 0.375. The number of aromatic hydroxyl groups is 1. The Morgan fingerprint density at radius 2 is 1.24 bits per heavy atom. The molecule has 0 unspecified atom stereocenters. The van der Waals surface area contributed by atoms with Crippen LogP contribution in [0.4, 0.5) is 0 Å². The number of esters is 1. The Bertz CT molecular complexity index is 877. The number of ether oxygens (including phenoxy) is 1. The second-order valence-corrected chi connectivity index (χ2v) is 10.8. The molecule has 0 amide bonds. The highest BCUT2D eigenvalue weighted by Gasteiger charge is 2.36. The van der Waals surface area contributed by atoms with E-state index < -0.39 is 22.4 Å². The summed E-state index contributed by atoms with van der Waals surface area (Å²) >= 11 is 9.31. The topological polar surface area (TPSA) is 46.5 Å². The summed E-state index contributed by atoms with van der Waals surface area (Å²) in [6.45, 7) is 15.6. The molecule has 158 valence electrons. The van der Waals surface area contributed by atoms with Crippen LogP contribution in [0.15, 0.2) is 40.1 Å². The number of thiol groups is 2. The van der Waals surface area contributed by atoms with Gasteiger partial charge in [0.15, 0.2) is 0 Å². The lowest BCUT2D eigenvalue weighted by Crippen LogP contribution is -2.28. The van der Waals surface area contributed by atoms with Crippen LogP contribution in [0, 0.1) is 0 Å². The Balaban J connectivity index is 2.70. The van der Waals surface area contributed by atoms with Crippen LogP contribution < -0.4 is 0 Å². The highest BCUT2D eigenvalue weighted by Crippen LogP contribution is 2.48. The fraction of sp³-hybridized carbons (Fsp3) is 0.458. The van der Waals surface area contributed by atoms with Gasteiger partial charge in [0.05, 0.1) is 5.56 Å². The van der Waals surface area contributed by atoms with Gasteiger partial charge in [0, 0.05) is 20.9 Å². The molecule has 2 aromatic rings. The van der Waals surface area contributed by atoms with Crippen LogP contribution in [0.25, 0.3) is 0 Å². The van der Waals surface area contributed by atoms with Crippen LogP contribution in [-0.4, -0.2) is 11.1 Å². The fourth-order valence-electron chi connectivity index (χ4n) is 3.51. The van der Waals surface area contributed by atoms with Gasteiger partial charge in [-0.05, 0) is 30.2 Å². The summed E-state index contributed by atoms with van der Waals surface area (Å²) < 4.78 is 5.93. The lowest BCUT2D eigenvalue weighted by atomic mass is 9.78. The molecule has 1 N–H and O–H groups in total. The zero-order valence-electron chi connectivity index (χ0n) is 18.5. The van der Waals surface area contributed by atoms with Crippen LogP contribution in [0.5, 0.6) is 5.75 Å². The molecule has 0 aromatic heterocycles. The number of benzene rings is 2. The largest absolute Gasteiger partial charge is 0.507 e. The van der Waals surface area contributed by atoms with Crippen molar-refractivity contribution >= 4 is 31.2 Å². The molecule has 29 heavy (non-hydrogen) atoms. The average Bonchev–Trinajstić information content (AvgIpc) is 2.52. The van der Waals surface area contributed by atoms with Gasteiger partial charge in [0.2, 0.25) is 0 Å². The van der Waals surface area contributed by atoms with Crippen molar-refractivity contribution in [2.24, 2.45) is 0 Å². The molecule has 5 heteroatoms. The molecular weight excluding hydrogens is 400 g/mol. The van der Waals surface area contributed by atoms with E-state index in [1.807, 2.05) is 85.7 Å². The molecule has 0 radical (unpaired) electrons. The van der Waals surface area contributed by atoms with Crippen LogP contribution in [0.3, 0.4) is 0 Å². The maximum atomic E-state index is 13.3. The zero-order valence-corrected chi connectivity index (χ0v) is 20.3. The normalized spacial score (nSPS) is 12.8. The van der Waals surface area contributed by atoms with E-state index in [1.54, 1.807) is 0 Å². The van der Waals surface area contributed by atoms with Crippen molar-refractivity contribution in [1.29, 1.82) is 0 Å². The van der Waals surface area contributed by atoms with Crippen molar-refractivity contribution in [2.45, 2.75) is 81.6 Å². The number of rotatable bonds is 3. The first kappa shape index (κ1) is 23.7. The molecule has 0 saturated heterocycles. The van der Waals surface area contributed by atoms with Crippen molar-refractivity contribution in [1.82, 2.24) is 0 Å². The van der Waals surface area contributed by atoms with Gasteiger partial charge in [0.25, 0.3) is 0 Å². The van der Waals surface area contributed by atoms with Gasteiger partial charge in [-0.3, -0.25) is 0 Å². The van der Waals surface area contributed by atoms with Gasteiger partial charge in [-0.1, -0.05) is 71.9 Å². The lowest BCUT2D eigenvalue weighted by Gasteiger charge is -2.32. The molecule has 2 aromatic carbocycles. The van der Waals surface area contributed by atoms with E-state index >= 15 is 0 Å². The molecule has 0 fully saturated rings. The van der Waals surface area contributed by atoms with Crippen molar-refractivity contribution in [3.63, 3.8) is 0 Å². The van der Waals surface area contributed by atoms with Gasteiger partial charge < -0.3 is 9.84 Å². The maximum absolute atomic E-state index is 13.3. The van der Waals surface area contributed by atoms with E-state index in [4.69, 9.17) is 4.74 Å². The molecule has 0 heterocycles. The van der Waals surface area contributed by atoms with Gasteiger partial charge in [0.1, 0.15) is 11.4 Å². The molecule has 2 rings (SSSR count). The van der Waals surface area contributed by atoms with Gasteiger partial charge >= 0.3 is 5.97 Å². The van der Waals surface area contributed by atoms with E-state index in [0.717, 1.165) is 5.56 Å².